The monoisotopic (exact) mass is 308 g/mol. The van der Waals surface area contributed by atoms with E-state index in [0.717, 1.165) is 31.7 Å². The van der Waals surface area contributed by atoms with Gasteiger partial charge < -0.3 is 10.6 Å². The summed E-state index contributed by atoms with van der Waals surface area (Å²) in [5.74, 6) is 0.711. The molecule has 0 bridgehead atoms. The van der Waals surface area contributed by atoms with Crippen molar-refractivity contribution in [1.82, 2.24) is 9.88 Å². The molecule has 1 aliphatic rings. The minimum Gasteiger partial charge on any atom is -0.370 e. The highest BCUT2D eigenvalue weighted by Gasteiger charge is 2.17. The number of nitrogens with two attached hydrogens (primary N) is 1. The van der Waals surface area contributed by atoms with Crippen molar-refractivity contribution in [2.45, 2.75) is 58.3 Å². The van der Waals surface area contributed by atoms with Gasteiger partial charge in [-0.3, -0.25) is 4.99 Å². The van der Waals surface area contributed by atoms with E-state index in [0.29, 0.717) is 5.96 Å². The molecule has 118 valence electrons. The Morgan fingerprint density at radius 1 is 1.29 bits per heavy atom. The van der Waals surface area contributed by atoms with E-state index in [4.69, 9.17) is 10.7 Å². The topological polar surface area (TPSA) is 54.5 Å². The van der Waals surface area contributed by atoms with Crippen LogP contribution in [-0.4, -0.2) is 35.5 Å². The van der Waals surface area contributed by atoms with Crippen molar-refractivity contribution >= 4 is 17.3 Å². The van der Waals surface area contributed by atoms with Gasteiger partial charge in [0.1, 0.15) is 0 Å². The number of hydrogen-bond acceptors (Lipinski definition) is 3. The van der Waals surface area contributed by atoms with Crippen molar-refractivity contribution in [1.29, 1.82) is 0 Å². The fraction of sp³-hybridized carbons (Fsp3) is 0.750. The van der Waals surface area contributed by atoms with E-state index in [9.17, 15) is 0 Å². The Morgan fingerprint density at radius 3 is 2.52 bits per heavy atom. The van der Waals surface area contributed by atoms with Crippen molar-refractivity contribution in [3.63, 3.8) is 0 Å². The van der Waals surface area contributed by atoms with Crippen LogP contribution in [0, 0.1) is 0 Å². The summed E-state index contributed by atoms with van der Waals surface area (Å²) in [4.78, 5) is 11.5. The molecule has 0 spiro atoms. The SMILES string of the molecule is CC(C)(C)c1nc(CCN=C(N)N2CCCCCC2)cs1. The lowest BCUT2D eigenvalue weighted by molar-refractivity contribution is 0.428. The van der Waals surface area contributed by atoms with Gasteiger partial charge in [0.25, 0.3) is 0 Å². The lowest BCUT2D eigenvalue weighted by Gasteiger charge is -2.20. The zero-order chi connectivity index (χ0) is 15.3. The van der Waals surface area contributed by atoms with Crippen LogP contribution in [0.25, 0.3) is 0 Å². The summed E-state index contributed by atoms with van der Waals surface area (Å²) in [6, 6.07) is 0. The Balaban J connectivity index is 1.84. The normalized spacial score (nSPS) is 17.9. The van der Waals surface area contributed by atoms with Gasteiger partial charge in [-0.05, 0) is 12.8 Å². The molecule has 1 aromatic rings. The number of rotatable bonds is 3. The number of nitrogens with zero attached hydrogens (tertiary/aromatic N) is 3. The van der Waals surface area contributed by atoms with Gasteiger partial charge in [0.15, 0.2) is 5.96 Å². The minimum atomic E-state index is 0.136. The average molecular weight is 308 g/mol. The van der Waals surface area contributed by atoms with E-state index < -0.39 is 0 Å². The zero-order valence-corrected chi connectivity index (χ0v) is 14.4. The van der Waals surface area contributed by atoms with E-state index in [1.165, 1.54) is 30.7 Å². The molecule has 1 fully saturated rings. The highest BCUT2D eigenvalue weighted by Crippen LogP contribution is 2.25. The van der Waals surface area contributed by atoms with Gasteiger partial charge in [-0.1, -0.05) is 33.6 Å². The van der Waals surface area contributed by atoms with E-state index in [1.54, 1.807) is 11.3 Å². The van der Waals surface area contributed by atoms with E-state index in [1.807, 2.05) is 0 Å². The Kier molecular flexibility index (Phi) is 5.62. The first kappa shape index (κ1) is 16.3. The Bertz CT molecular complexity index is 465. The lowest BCUT2D eigenvalue weighted by Crippen LogP contribution is -2.38. The molecule has 0 radical (unpaired) electrons. The molecule has 0 saturated carbocycles. The first-order valence-corrected chi connectivity index (χ1v) is 8.84. The molecule has 0 unspecified atom stereocenters. The molecule has 0 aliphatic carbocycles. The van der Waals surface area contributed by atoms with Crippen LogP contribution < -0.4 is 5.73 Å². The van der Waals surface area contributed by atoms with Gasteiger partial charge >= 0.3 is 0 Å². The van der Waals surface area contributed by atoms with Crippen molar-refractivity contribution in [3.8, 4) is 0 Å². The second kappa shape index (κ2) is 7.25. The molecule has 1 saturated heterocycles. The van der Waals surface area contributed by atoms with Crippen LogP contribution in [0.2, 0.25) is 0 Å². The third-order valence-electron chi connectivity index (χ3n) is 3.77. The van der Waals surface area contributed by atoms with Crippen LogP contribution in [0.5, 0.6) is 0 Å². The zero-order valence-electron chi connectivity index (χ0n) is 13.6. The highest BCUT2D eigenvalue weighted by molar-refractivity contribution is 7.09. The molecule has 2 rings (SSSR count). The average Bonchev–Trinajstić information content (AvgIpc) is 2.73. The van der Waals surface area contributed by atoms with Gasteiger partial charge in [-0.2, -0.15) is 0 Å². The third kappa shape index (κ3) is 4.99. The summed E-state index contributed by atoms with van der Waals surface area (Å²) < 4.78 is 0. The molecule has 0 aromatic carbocycles. The summed E-state index contributed by atoms with van der Waals surface area (Å²) in [5.41, 5.74) is 7.39. The van der Waals surface area contributed by atoms with Gasteiger partial charge in [0.05, 0.1) is 10.7 Å². The first-order chi connectivity index (χ1) is 9.97. The standard InChI is InChI=1S/C16H28N4S/c1-16(2,3)14-19-13(12-21-14)8-9-18-15(17)20-10-6-4-5-7-11-20/h12H,4-11H2,1-3H3,(H2,17,18). The second-order valence-corrected chi connectivity index (χ2v) is 7.64. The first-order valence-electron chi connectivity index (χ1n) is 7.96. The van der Waals surface area contributed by atoms with Gasteiger partial charge in [0, 0.05) is 36.9 Å². The van der Waals surface area contributed by atoms with Crippen LogP contribution in [0.15, 0.2) is 10.4 Å². The summed E-state index contributed by atoms with van der Waals surface area (Å²) >= 11 is 1.74. The Hall–Kier alpha value is -1.10. The van der Waals surface area contributed by atoms with Crippen molar-refractivity contribution < 1.29 is 0 Å². The van der Waals surface area contributed by atoms with E-state index >= 15 is 0 Å². The molecule has 2 N–H and O–H groups in total. The maximum Gasteiger partial charge on any atom is 0.191 e. The Labute approximate surface area is 132 Å². The summed E-state index contributed by atoms with van der Waals surface area (Å²) in [7, 11) is 0. The van der Waals surface area contributed by atoms with Gasteiger partial charge in [0.2, 0.25) is 0 Å². The summed E-state index contributed by atoms with van der Waals surface area (Å²) in [6.45, 7) is 9.44. The third-order valence-corrected chi connectivity index (χ3v) is 5.08. The summed E-state index contributed by atoms with van der Waals surface area (Å²) in [6.07, 6.45) is 5.98. The van der Waals surface area contributed by atoms with Crippen LogP contribution in [0.3, 0.4) is 0 Å². The van der Waals surface area contributed by atoms with Crippen molar-refractivity contribution in [2.75, 3.05) is 19.6 Å². The molecule has 2 heterocycles. The number of hydrogen-bond donors (Lipinski definition) is 1. The van der Waals surface area contributed by atoms with Crippen LogP contribution >= 0.6 is 11.3 Å². The predicted molar refractivity (Wildman–Crippen MR) is 91.0 cm³/mol. The lowest BCUT2D eigenvalue weighted by atomic mass is 9.98. The number of thiazole rings is 1. The fourth-order valence-electron chi connectivity index (χ4n) is 2.45. The molecule has 0 atom stereocenters. The number of aliphatic imine (C=N–C) groups is 1. The molecular formula is C16H28N4S. The largest absolute Gasteiger partial charge is 0.370 e. The van der Waals surface area contributed by atoms with Crippen LogP contribution in [0.1, 0.15) is 57.2 Å². The van der Waals surface area contributed by atoms with E-state index in [-0.39, 0.29) is 5.41 Å². The van der Waals surface area contributed by atoms with Crippen molar-refractivity contribution in [2.24, 2.45) is 10.7 Å². The minimum absolute atomic E-state index is 0.136. The number of aromatic nitrogens is 1. The molecule has 21 heavy (non-hydrogen) atoms. The molecular weight excluding hydrogens is 280 g/mol. The van der Waals surface area contributed by atoms with Gasteiger partial charge in [-0.15, -0.1) is 11.3 Å². The molecule has 4 nitrogen and oxygen atoms in total. The predicted octanol–water partition coefficient (Wildman–Crippen LogP) is 3.17. The van der Waals surface area contributed by atoms with Crippen LogP contribution in [0.4, 0.5) is 0 Å². The second-order valence-electron chi connectivity index (χ2n) is 6.79. The molecule has 1 aliphatic heterocycles. The van der Waals surface area contributed by atoms with Crippen molar-refractivity contribution in [3.05, 3.63) is 16.1 Å². The fourth-order valence-corrected chi connectivity index (χ4v) is 3.39. The van der Waals surface area contributed by atoms with Crippen LogP contribution in [-0.2, 0) is 11.8 Å². The quantitative estimate of drug-likeness (QED) is 0.689. The molecule has 0 amide bonds. The maximum atomic E-state index is 6.11. The Morgan fingerprint density at radius 2 is 1.95 bits per heavy atom. The molecule has 5 heteroatoms. The molecule has 1 aromatic heterocycles. The smallest absolute Gasteiger partial charge is 0.191 e. The highest BCUT2D eigenvalue weighted by atomic mass is 32.1. The number of guanidine groups is 1. The number of likely N-dealkylation sites (tertiary alicyclic amines) is 1. The maximum absolute atomic E-state index is 6.11. The van der Waals surface area contributed by atoms with Gasteiger partial charge in [-0.25, -0.2) is 4.98 Å². The summed E-state index contributed by atoms with van der Waals surface area (Å²) in [5, 5.41) is 3.35. The van der Waals surface area contributed by atoms with E-state index in [2.05, 4.69) is 36.0 Å².